The smallest absolute Gasteiger partial charge is 0.306 e. The standard InChI is InChI=1S/C13H15Cl2NO5/c1-13(20,5-12(18)19)7-16-11(17)6-21-10-3-2-8(14)4-9(10)15/h2-4,20H,5-7H2,1H3,(H,16,17)(H,18,19). The summed E-state index contributed by atoms with van der Waals surface area (Å²) >= 11 is 11.6. The first-order valence-electron chi connectivity index (χ1n) is 5.98. The van der Waals surface area contributed by atoms with Gasteiger partial charge < -0.3 is 20.3 Å². The van der Waals surface area contributed by atoms with Crippen molar-refractivity contribution in [3.05, 3.63) is 28.2 Å². The van der Waals surface area contributed by atoms with Gasteiger partial charge in [-0.2, -0.15) is 0 Å². The molecule has 1 aromatic rings. The molecular weight excluding hydrogens is 321 g/mol. The summed E-state index contributed by atoms with van der Waals surface area (Å²) in [5.74, 6) is -1.36. The molecule has 0 radical (unpaired) electrons. The van der Waals surface area contributed by atoms with Gasteiger partial charge in [0.25, 0.3) is 5.91 Å². The number of hydrogen-bond acceptors (Lipinski definition) is 4. The summed E-state index contributed by atoms with van der Waals surface area (Å²) in [5, 5.41) is 21.4. The molecule has 0 heterocycles. The third-order valence-corrected chi connectivity index (χ3v) is 2.98. The Morgan fingerprint density at radius 2 is 2.05 bits per heavy atom. The largest absolute Gasteiger partial charge is 0.482 e. The second-order valence-electron chi connectivity index (χ2n) is 4.71. The topological polar surface area (TPSA) is 95.9 Å². The van der Waals surface area contributed by atoms with Crippen LogP contribution in [0.1, 0.15) is 13.3 Å². The molecule has 21 heavy (non-hydrogen) atoms. The van der Waals surface area contributed by atoms with Crippen molar-refractivity contribution >= 4 is 35.1 Å². The molecule has 0 fully saturated rings. The Hall–Kier alpha value is -1.50. The number of aliphatic hydroxyl groups is 1. The minimum absolute atomic E-state index is 0.199. The first-order valence-corrected chi connectivity index (χ1v) is 6.74. The Kier molecular flexibility index (Phi) is 6.26. The van der Waals surface area contributed by atoms with Gasteiger partial charge >= 0.3 is 5.97 Å². The second kappa shape index (κ2) is 7.49. The van der Waals surface area contributed by atoms with E-state index >= 15 is 0 Å². The number of carboxylic acid groups (broad SMARTS) is 1. The molecule has 0 bridgehead atoms. The fourth-order valence-electron chi connectivity index (χ4n) is 1.46. The molecule has 1 amide bonds. The second-order valence-corrected chi connectivity index (χ2v) is 5.55. The van der Waals surface area contributed by atoms with E-state index in [1.807, 2.05) is 0 Å². The number of hydrogen-bond donors (Lipinski definition) is 3. The Labute approximate surface area is 131 Å². The third-order valence-electron chi connectivity index (χ3n) is 2.45. The monoisotopic (exact) mass is 335 g/mol. The molecule has 6 nitrogen and oxygen atoms in total. The van der Waals surface area contributed by atoms with Crippen LogP contribution in [0.15, 0.2) is 18.2 Å². The molecule has 1 rings (SSSR count). The van der Waals surface area contributed by atoms with Crippen LogP contribution in [0.3, 0.4) is 0 Å². The molecule has 0 aliphatic heterocycles. The summed E-state index contributed by atoms with van der Waals surface area (Å²) < 4.78 is 5.20. The highest BCUT2D eigenvalue weighted by atomic mass is 35.5. The fourth-order valence-corrected chi connectivity index (χ4v) is 1.93. The number of benzene rings is 1. The van der Waals surface area contributed by atoms with Crippen LogP contribution >= 0.6 is 23.2 Å². The summed E-state index contributed by atoms with van der Waals surface area (Å²) in [6.07, 6.45) is -0.475. The van der Waals surface area contributed by atoms with Crippen molar-refractivity contribution in [2.75, 3.05) is 13.2 Å². The lowest BCUT2D eigenvalue weighted by Gasteiger charge is -2.21. The summed E-state index contributed by atoms with van der Waals surface area (Å²) in [6, 6.07) is 4.57. The van der Waals surface area contributed by atoms with E-state index in [0.29, 0.717) is 10.8 Å². The summed E-state index contributed by atoms with van der Waals surface area (Å²) in [7, 11) is 0. The lowest BCUT2D eigenvalue weighted by atomic mass is 10.0. The molecule has 1 aromatic carbocycles. The minimum atomic E-state index is -1.53. The van der Waals surface area contributed by atoms with Gasteiger partial charge in [0.15, 0.2) is 6.61 Å². The van der Waals surface area contributed by atoms with E-state index in [9.17, 15) is 14.7 Å². The van der Waals surface area contributed by atoms with Crippen LogP contribution in [0.2, 0.25) is 10.0 Å². The molecule has 1 atom stereocenters. The first kappa shape index (κ1) is 17.6. The highest BCUT2D eigenvalue weighted by Crippen LogP contribution is 2.27. The number of amides is 1. The summed E-state index contributed by atoms with van der Waals surface area (Å²) in [5.41, 5.74) is -1.53. The maximum Gasteiger partial charge on any atom is 0.306 e. The van der Waals surface area contributed by atoms with Crippen molar-refractivity contribution in [3.63, 3.8) is 0 Å². The number of carbonyl (C=O) groups is 2. The zero-order valence-electron chi connectivity index (χ0n) is 11.2. The van der Waals surface area contributed by atoms with Gasteiger partial charge in [-0.25, -0.2) is 0 Å². The van der Waals surface area contributed by atoms with Gasteiger partial charge in [0, 0.05) is 11.6 Å². The third kappa shape index (κ3) is 6.66. The molecule has 0 aliphatic rings. The maximum atomic E-state index is 11.6. The van der Waals surface area contributed by atoms with Crippen molar-refractivity contribution in [3.8, 4) is 5.75 Å². The molecule has 3 N–H and O–H groups in total. The van der Waals surface area contributed by atoms with Gasteiger partial charge in [0.1, 0.15) is 5.75 Å². The first-order chi connectivity index (χ1) is 9.69. The lowest BCUT2D eigenvalue weighted by molar-refractivity contribution is -0.142. The van der Waals surface area contributed by atoms with Crippen LogP contribution < -0.4 is 10.1 Å². The normalized spacial score (nSPS) is 13.3. The molecule has 0 saturated carbocycles. The molecule has 0 aromatic heterocycles. The highest BCUT2D eigenvalue weighted by Gasteiger charge is 2.24. The molecule has 1 unspecified atom stereocenters. The van der Waals surface area contributed by atoms with Crippen LogP contribution in [0.4, 0.5) is 0 Å². The van der Waals surface area contributed by atoms with Crippen molar-refractivity contribution in [1.82, 2.24) is 5.32 Å². The van der Waals surface area contributed by atoms with Crippen LogP contribution in [0.25, 0.3) is 0 Å². The number of rotatable bonds is 7. The van der Waals surface area contributed by atoms with Gasteiger partial charge in [-0.15, -0.1) is 0 Å². The van der Waals surface area contributed by atoms with E-state index in [2.05, 4.69) is 5.32 Å². The van der Waals surface area contributed by atoms with E-state index in [1.54, 1.807) is 6.07 Å². The summed E-state index contributed by atoms with van der Waals surface area (Å²) in [6.45, 7) is 0.804. The average molecular weight is 336 g/mol. The van der Waals surface area contributed by atoms with Gasteiger partial charge in [-0.1, -0.05) is 23.2 Å². The number of ether oxygens (including phenoxy) is 1. The molecule has 0 spiro atoms. The maximum absolute atomic E-state index is 11.6. The van der Waals surface area contributed by atoms with E-state index in [4.69, 9.17) is 33.0 Å². The molecule has 0 aliphatic carbocycles. The molecule has 8 heteroatoms. The van der Waals surface area contributed by atoms with Crippen LogP contribution in [0, 0.1) is 0 Å². The van der Waals surface area contributed by atoms with Crippen molar-refractivity contribution < 1.29 is 24.5 Å². The Balaban J connectivity index is 2.42. The van der Waals surface area contributed by atoms with E-state index in [-0.39, 0.29) is 18.2 Å². The van der Waals surface area contributed by atoms with Gasteiger partial charge in [0.2, 0.25) is 0 Å². The number of carboxylic acids is 1. The Bertz CT molecular complexity index is 533. The van der Waals surface area contributed by atoms with E-state index in [1.165, 1.54) is 19.1 Å². The van der Waals surface area contributed by atoms with Crippen LogP contribution in [-0.2, 0) is 9.59 Å². The Morgan fingerprint density at radius 3 is 2.62 bits per heavy atom. The summed E-state index contributed by atoms with van der Waals surface area (Å²) in [4.78, 5) is 22.1. The van der Waals surface area contributed by atoms with Gasteiger partial charge in [-0.3, -0.25) is 9.59 Å². The zero-order valence-corrected chi connectivity index (χ0v) is 12.7. The van der Waals surface area contributed by atoms with Crippen molar-refractivity contribution in [1.29, 1.82) is 0 Å². The Morgan fingerprint density at radius 1 is 1.38 bits per heavy atom. The van der Waals surface area contributed by atoms with Gasteiger partial charge in [-0.05, 0) is 25.1 Å². The van der Waals surface area contributed by atoms with Crippen LogP contribution in [-0.4, -0.2) is 40.8 Å². The zero-order chi connectivity index (χ0) is 16.0. The number of carbonyl (C=O) groups excluding carboxylic acids is 1. The highest BCUT2D eigenvalue weighted by molar-refractivity contribution is 6.35. The fraction of sp³-hybridized carbons (Fsp3) is 0.385. The average Bonchev–Trinajstić information content (AvgIpc) is 2.34. The van der Waals surface area contributed by atoms with Crippen molar-refractivity contribution in [2.45, 2.75) is 18.9 Å². The number of nitrogens with one attached hydrogen (secondary N) is 1. The predicted molar refractivity (Wildman–Crippen MR) is 77.8 cm³/mol. The molecular formula is C13H15Cl2NO5. The minimum Gasteiger partial charge on any atom is -0.482 e. The predicted octanol–water partition coefficient (Wildman–Crippen LogP) is 1.71. The van der Waals surface area contributed by atoms with E-state index in [0.717, 1.165) is 0 Å². The van der Waals surface area contributed by atoms with Gasteiger partial charge in [0.05, 0.1) is 17.0 Å². The number of halogens is 2. The van der Waals surface area contributed by atoms with E-state index < -0.39 is 23.9 Å². The molecule has 0 saturated heterocycles. The van der Waals surface area contributed by atoms with Crippen LogP contribution in [0.5, 0.6) is 5.75 Å². The quantitative estimate of drug-likeness (QED) is 0.705. The number of aliphatic carboxylic acids is 1. The van der Waals surface area contributed by atoms with Crippen molar-refractivity contribution in [2.24, 2.45) is 0 Å². The molecule has 116 valence electrons. The lowest BCUT2D eigenvalue weighted by Crippen LogP contribution is -2.43. The SMILES string of the molecule is CC(O)(CNC(=O)COc1ccc(Cl)cc1Cl)CC(=O)O.